The molecule has 3 aromatic carbocycles. The maximum atomic E-state index is 14.5. The minimum Gasteiger partial charge on any atom is -0.354 e. The second-order valence-electron chi connectivity index (χ2n) is 12.6. The monoisotopic (exact) mass is 592 g/mol. The molecule has 0 aliphatic carbocycles. The molecule has 1 unspecified atom stereocenters. The first-order chi connectivity index (χ1) is 21.6. The SMILES string of the molecule is O=C(NCC1CCCNC1)[C@H]1CCCN1C(=O)[C@@H]1CCCN1C(=O)CC(c1ccccc1)(c1ccccc1)c1ccccc1. The second kappa shape index (κ2) is 13.8. The highest BCUT2D eigenvalue weighted by Gasteiger charge is 2.45. The molecule has 3 amide bonds. The maximum Gasteiger partial charge on any atom is 0.246 e. The van der Waals surface area contributed by atoms with Crippen LogP contribution in [0, 0.1) is 5.92 Å². The van der Waals surface area contributed by atoms with Crippen LogP contribution < -0.4 is 10.6 Å². The minimum atomic E-state index is -0.721. The molecular formula is C37H44N4O3. The lowest BCUT2D eigenvalue weighted by atomic mass is 9.67. The number of likely N-dealkylation sites (tertiary alicyclic amines) is 2. The van der Waals surface area contributed by atoms with Crippen LogP contribution in [-0.4, -0.2) is 72.3 Å². The molecule has 3 heterocycles. The summed E-state index contributed by atoms with van der Waals surface area (Å²) in [6.07, 6.45) is 5.30. The van der Waals surface area contributed by atoms with Gasteiger partial charge in [0.1, 0.15) is 12.1 Å². The predicted molar refractivity (Wildman–Crippen MR) is 172 cm³/mol. The van der Waals surface area contributed by atoms with E-state index in [2.05, 4.69) is 47.0 Å². The third kappa shape index (κ3) is 6.16. The Morgan fingerprint density at radius 1 is 0.705 bits per heavy atom. The molecule has 7 heteroatoms. The zero-order valence-electron chi connectivity index (χ0n) is 25.5. The molecule has 3 saturated heterocycles. The largest absolute Gasteiger partial charge is 0.354 e. The van der Waals surface area contributed by atoms with E-state index in [4.69, 9.17) is 0 Å². The maximum absolute atomic E-state index is 14.5. The number of rotatable bonds is 9. The van der Waals surface area contributed by atoms with Crippen LogP contribution in [0.2, 0.25) is 0 Å². The molecule has 44 heavy (non-hydrogen) atoms. The first-order valence-corrected chi connectivity index (χ1v) is 16.3. The third-order valence-electron chi connectivity index (χ3n) is 9.88. The summed E-state index contributed by atoms with van der Waals surface area (Å²) in [6, 6.07) is 29.7. The van der Waals surface area contributed by atoms with Gasteiger partial charge in [-0.25, -0.2) is 0 Å². The molecule has 2 N–H and O–H groups in total. The minimum absolute atomic E-state index is 0.0394. The smallest absolute Gasteiger partial charge is 0.246 e. The van der Waals surface area contributed by atoms with Crippen molar-refractivity contribution in [1.29, 1.82) is 0 Å². The average Bonchev–Trinajstić information content (AvgIpc) is 3.79. The summed E-state index contributed by atoms with van der Waals surface area (Å²) < 4.78 is 0. The van der Waals surface area contributed by atoms with Crippen molar-refractivity contribution < 1.29 is 14.4 Å². The lowest BCUT2D eigenvalue weighted by Crippen LogP contribution is -2.54. The molecule has 7 nitrogen and oxygen atoms in total. The van der Waals surface area contributed by atoms with Gasteiger partial charge >= 0.3 is 0 Å². The molecule has 0 aromatic heterocycles. The number of nitrogens with one attached hydrogen (secondary N) is 2. The predicted octanol–water partition coefficient (Wildman–Crippen LogP) is 4.51. The number of hydrogen-bond donors (Lipinski definition) is 2. The molecule has 3 atom stereocenters. The Kier molecular flexibility index (Phi) is 9.41. The molecule has 3 aliphatic heterocycles. The van der Waals surface area contributed by atoms with Gasteiger partial charge in [-0.15, -0.1) is 0 Å². The number of carbonyl (C=O) groups excluding carboxylic acids is 3. The van der Waals surface area contributed by atoms with Crippen LogP contribution in [0.1, 0.15) is 61.6 Å². The molecule has 3 aliphatic rings. The van der Waals surface area contributed by atoms with Crippen LogP contribution >= 0.6 is 0 Å². The van der Waals surface area contributed by atoms with Gasteiger partial charge in [0.15, 0.2) is 0 Å². The van der Waals surface area contributed by atoms with Gasteiger partial charge in [-0.05, 0) is 74.2 Å². The van der Waals surface area contributed by atoms with Gasteiger partial charge in [-0.1, -0.05) is 91.0 Å². The molecule has 230 valence electrons. The Bertz CT molecular complexity index is 1310. The number of piperidine rings is 1. The van der Waals surface area contributed by atoms with E-state index in [9.17, 15) is 14.4 Å². The summed E-state index contributed by atoms with van der Waals surface area (Å²) in [5.74, 6) is 0.244. The van der Waals surface area contributed by atoms with Gasteiger partial charge in [-0.2, -0.15) is 0 Å². The summed E-state index contributed by atoms with van der Waals surface area (Å²) in [4.78, 5) is 45.4. The van der Waals surface area contributed by atoms with E-state index in [1.165, 1.54) is 0 Å². The summed E-state index contributed by atoms with van der Waals surface area (Å²) in [7, 11) is 0. The van der Waals surface area contributed by atoms with Crippen LogP contribution in [0.15, 0.2) is 91.0 Å². The van der Waals surface area contributed by atoms with Crippen molar-refractivity contribution in [2.24, 2.45) is 5.92 Å². The van der Waals surface area contributed by atoms with Crippen molar-refractivity contribution in [1.82, 2.24) is 20.4 Å². The number of nitrogens with zero attached hydrogens (tertiary/aromatic N) is 2. The van der Waals surface area contributed by atoms with Crippen LogP contribution in [0.25, 0.3) is 0 Å². The Balaban J connectivity index is 1.24. The zero-order chi connectivity index (χ0) is 30.4. The van der Waals surface area contributed by atoms with Crippen molar-refractivity contribution in [2.75, 3.05) is 32.7 Å². The van der Waals surface area contributed by atoms with Crippen molar-refractivity contribution in [2.45, 2.75) is 62.4 Å². The van der Waals surface area contributed by atoms with E-state index in [-0.39, 0.29) is 24.1 Å². The number of carbonyl (C=O) groups is 3. The topological polar surface area (TPSA) is 81.8 Å². The Morgan fingerprint density at radius 3 is 1.80 bits per heavy atom. The normalized spacial score (nSPS) is 22.1. The van der Waals surface area contributed by atoms with Crippen molar-refractivity contribution >= 4 is 17.7 Å². The van der Waals surface area contributed by atoms with E-state index in [0.717, 1.165) is 55.5 Å². The lowest BCUT2D eigenvalue weighted by molar-refractivity contribution is -0.146. The van der Waals surface area contributed by atoms with Crippen molar-refractivity contribution in [3.63, 3.8) is 0 Å². The molecule has 0 radical (unpaired) electrons. The molecule has 0 saturated carbocycles. The average molecular weight is 593 g/mol. The standard InChI is InChI=1S/C37H44N4O3/c42-34(25-37(29-14-4-1-5-15-29,30-16-6-2-7-17-30)31-18-8-3-9-19-31)40-23-12-21-33(40)36(44)41-24-11-20-32(41)35(43)39-27-28-13-10-22-38-26-28/h1-9,14-19,28,32-33,38H,10-13,20-27H2,(H,39,43)/t28?,32-,33+/m1/s1. The lowest BCUT2D eigenvalue weighted by Gasteiger charge is -2.38. The summed E-state index contributed by atoms with van der Waals surface area (Å²) >= 11 is 0. The van der Waals surface area contributed by atoms with Gasteiger partial charge in [-0.3, -0.25) is 14.4 Å². The van der Waals surface area contributed by atoms with E-state index >= 15 is 0 Å². The highest BCUT2D eigenvalue weighted by atomic mass is 16.2. The fourth-order valence-electron chi connectivity index (χ4n) is 7.58. The molecule has 0 spiro atoms. The second-order valence-corrected chi connectivity index (χ2v) is 12.6. The highest BCUT2D eigenvalue weighted by molar-refractivity contribution is 5.93. The summed E-state index contributed by atoms with van der Waals surface area (Å²) in [6.45, 7) is 3.70. The molecule has 6 rings (SSSR count). The number of hydrogen-bond acceptors (Lipinski definition) is 4. The Labute approximate surface area is 261 Å². The number of benzene rings is 3. The van der Waals surface area contributed by atoms with E-state index < -0.39 is 17.5 Å². The van der Waals surface area contributed by atoms with E-state index in [1.807, 2.05) is 54.6 Å². The first-order valence-electron chi connectivity index (χ1n) is 16.3. The fourth-order valence-corrected chi connectivity index (χ4v) is 7.58. The molecule has 3 aromatic rings. The summed E-state index contributed by atoms with van der Waals surface area (Å²) in [5, 5.41) is 6.54. The van der Waals surface area contributed by atoms with Crippen LogP contribution in [-0.2, 0) is 19.8 Å². The van der Waals surface area contributed by atoms with Crippen LogP contribution in [0.3, 0.4) is 0 Å². The van der Waals surface area contributed by atoms with Gasteiger partial charge in [0, 0.05) is 26.1 Å². The third-order valence-corrected chi connectivity index (χ3v) is 9.88. The Hall–Kier alpha value is -3.97. The highest BCUT2D eigenvalue weighted by Crippen LogP contribution is 2.43. The fraction of sp³-hybridized carbons (Fsp3) is 0.432. The molecular weight excluding hydrogens is 548 g/mol. The molecule has 0 bridgehead atoms. The van der Waals surface area contributed by atoms with E-state index in [0.29, 0.717) is 38.4 Å². The van der Waals surface area contributed by atoms with Gasteiger partial charge in [0.05, 0.1) is 5.41 Å². The van der Waals surface area contributed by atoms with Gasteiger partial charge < -0.3 is 20.4 Å². The van der Waals surface area contributed by atoms with Crippen molar-refractivity contribution in [3.05, 3.63) is 108 Å². The summed E-state index contributed by atoms with van der Waals surface area (Å²) in [5.41, 5.74) is 2.40. The van der Waals surface area contributed by atoms with Crippen LogP contribution in [0.4, 0.5) is 0 Å². The zero-order valence-corrected chi connectivity index (χ0v) is 25.5. The molecule has 3 fully saturated rings. The quantitative estimate of drug-likeness (QED) is 0.359. The van der Waals surface area contributed by atoms with Crippen LogP contribution in [0.5, 0.6) is 0 Å². The van der Waals surface area contributed by atoms with Crippen molar-refractivity contribution in [3.8, 4) is 0 Å². The first kappa shape index (κ1) is 30.1. The van der Waals surface area contributed by atoms with Gasteiger partial charge in [0.25, 0.3) is 0 Å². The van der Waals surface area contributed by atoms with Gasteiger partial charge in [0.2, 0.25) is 17.7 Å². The number of amides is 3. The van der Waals surface area contributed by atoms with E-state index in [1.54, 1.807) is 9.80 Å². The Morgan fingerprint density at radius 2 is 1.25 bits per heavy atom.